The number of carboxylic acids is 1. The molecule has 0 aromatic heterocycles. The van der Waals surface area contributed by atoms with Crippen LogP contribution in [-0.2, 0) is 10.0 Å². The fourth-order valence-electron chi connectivity index (χ4n) is 1.97. The van der Waals surface area contributed by atoms with Crippen molar-refractivity contribution in [3.8, 4) is 0 Å². The van der Waals surface area contributed by atoms with Gasteiger partial charge in [-0.1, -0.05) is 35.3 Å². The van der Waals surface area contributed by atoms with Crippen molar-refractivity contribution in [1.82, 2.24) is 4.72 Å². The molecule has 2 aromatic carbocycles. The van der Waals surface area contributed by atoms with Crippen LogP contribution in [0.2, 0.25) is 10.0 Å². The Morgan fingerprint density at radius 3 is 2.09 bits per heavy atom. The molecule has 0 aliphatic heterocycles. The van der Waals surface area contributed by atoms with Gasteiger partial charge < -0.3 is 5.11 Å². The van der Waals surface area contributed by atoms with Crippen molar-refractivity contribution in [1.29, 1.82) is 0 Å². The van der Waals surface area contributed by atoms with Crippen LogP contribution in [0.1, 0.15) is 28.9 Å². The predicted molar refractivity (Wildman–Crippen MR) is 88.6 cm³/mol. The number of benzene rings is 2. The molecule has 23 heavy (non-hydrogen) atoms. The SMILES string of the molecule is C[C@@H](NS(=O)(=O)c1cc(Cl)cc(Cl)c1)c1ccc(C(=O)O)cc1. The largest absolute Gasteiger partial charge is 0.478 e. The maximum atomic E-state index is 12.4. The van der Waals surface area contributed by atoms with E-state index < -0.39 is 22.0 Å². The summed E-state index contributed by atoms with van der Waals surface area (Å²) in [7, 11) is -3.81. The zero-order valence-electron chi connectivity index (χ0n) is 12.0. The van der Waals surface area contributed by atoms with Crippen molar-refractivity contribution < 1.29 is 18.3 Å². The fraction of sp³-hybridized carbons (Fsp3) is 0.133. The monoisotopic (exact) mass is 373 g/mol. The first-order valence-electron chi connectivity index (χ1n) is 6.51. The summed E-state index contributed by atoms with van der Waals surface area (Å²) in [6.07, 6.45) is 0. The van der Waals surface area contributed by atoms with Gasteiger partial charge in [0.05, 0.1) is 10.5 Å². The maximum Gasteiger partial charge on any atom is 0.335 e. The van der Waals surface area contributed by atoms with Crippen LogP contribution in [0.3, 0.4) is 0 Å². The molecular formula is C15H13Cl2NO4S. The smallest absolute Gasteiger partial charge is 0.335 e. The summed E-state index contributed by atoms with van der Waals surface area (Å²) in [5.74, 6) is -1.04. The molecule has 2 N–H and O–H groups in total. The van der Waals surface area contributed by atoms with Crippen molar-refractivity contribution >= 4 is 39.2 Å². The summed E-state index contributed by atoms with van der Waals surface area (Å²) < 4.78 is 27.2. The third-order valence-corrected chi connectivity index (χ3v) is 5.09. The maximum absolute atomic E-state index is 12.4. The highest BCUT2D eigenvalue weighted by molar-refractivity contribution is 7.89. The van der Waals surface area contributed by atoms with Crippen LogP contribution >= 0.6 is 23.2 Å². The van der Waals surface area contributed by atoms with E-state index in [4.69, 9.17) is 28.3 Å². The Kier molecular flexibility index (Phi) is 5.31. The molecule has 0 heterocycles. The van der Waals surface area contributed by atoms with Crippen LogP contribution in [-0.4, -0.2) is 19.5 Å². The molecule has 0 fully saturated rings. The van der Waals surface area contributed by atoms with E-state index in [1.54, 1.807) is 19.1 Å². The van der Waals surface area contributed by atoms with Gasteiger partial charge in [0.1, 0.15) is 0 Å². The summed E-state index contributed by atoms with van der Waals surface area (Å²) in [5.41, 5.74) is 0.761. The molecule has 0 aliphatic rings. The minimum Gasteiger partial charge on any atom is -0.478 e. The third-order valence-electron chi connectivity index (χ3n) is 3.14. The molecule has 2 aromatic rings. The second kappa shape index (κ2) is 6.88. The summed E-state index contributed by atoms with van der Waals surface area (Å²) in [6, 6.07) is 9.43. The van der Waals surface area contributed by atoms with Crippen molar-refractivity contribution in [2.24, 2.45) is 0 Å². The lowest BCUT2D eigenvalue weighted by molar-refractivity contribution is 0.0697. The van der Waals surface area contributed by atoms with Crippen LogP contribution in [0.25, 0.3) is 0 Å². The number of hydrogen-bond acceptors (Lipinski definition) is 3. The Bertz CT molecular complexity index is 815. The molecular weight excluding hydrogens is 361 g/mol. The first-order chi connectivity index (χ1) is 10.7. The molecule has 2 rings (SSSR count). The Balaban J connectivity index is 2.24. The number of halogens is 2. The Hall–Kier alpha value is -1.60. The van der Waals surface area contributed by atoms with Crippen LogP contribution < -0.4 is 4.72 Å². The number of hydrogen-bond donors (Lipinski definition) is 2. The van der Waals surface area contributed by atoms with E-state index in [0.717, 1.165) is 0 Å². The number of carboxylic acid groups (broad SMARTS) is 1. The summed E-state index contributed by atoms with van der Waals surface area (Å²) in [5, 5.41) is 9.30. The van der Waals surface area contributed by atoms with E-state index in [1.165, 1.54) is 30.3 Å². The van der Waals surface area contributed by atoms with Gasteiger partial charge in [0, 0.05) is 16.1 Å². The second-order valence-corrected chi connectivity index (χ2v) is 7.46. The zero-order valence-corrected chi connectivity index (χ0v) is 14.3. The molecule has 122 valence electrons. The average molecular weight is 374 g/mol. The standard InChI is InChI=1S/C15H13Cl2NO4S/c1-9(10-2-4-11(5-3-10)15(19)20)18-23(21,22)14-7-12(16)6-13(17)8-14/h2-9,18H,1H3,(H,19,20)/t9-/m1/s1. The summed E-state index contributed by atoms with van der Waals surface area (Å²) in [6.45, 7) is 1.65. The van der Waals surface area contributed by atoms with Crippen LogP contribution in [0.4, 0.5) is 0 Å². The second-order valence-electron chi connectivity index (χ2n) is 4.88. The lowest BCUT2D eigenvalue weighted by Gasteiger charge is -2.15. The van der Waals surface area contributed by atoms with E-state index >= 15 is 0 Å². The molecule has 0 spiro atoms. The molecule has 8 heteroatoms. The van der Waals surface area contributed by atoms with Crippen molar-refractivity contribution in [2.45, 2.75) is 17.9 Å². The number of aromatic carboxylic acids is 1. The molecule has 0 radical (unpaired) electrons. The minimum atomic E-state index is -3.81. The van der Waals surface area contributed by atoms with Gasteiger partial charge in [-0.15, -0.1) is 0 Å². The van der Waals surface area contributed by atoms with Gasteiger partial charge in [-0.05, 0) is 42.8 Å². The first-order valence-corrected chi connectivity index (χ1v) is 8.74. The highest BCUT2D eigenvalue weighted by atomic mass is 35.5. The van der Waals surface area contributed by atoms with Gasteiger partial charge in [0.25, 0.3) is 0 Å². The number of nitrogens with one attached hydrogen (secondary N) is 1. The van der Waals surface area contributed by atoms with E-state index in [9.17, 15) is 13.2 Å². The molecule has 0 amide bonds. The van der Waals surface area contributed by atoms with Crippen LogP contribution in [0, 0.1) is 0 Å². The minimum absolute atomic E-state index is 0.0380. The number of sulfonamides is 1. The lowest BCUT2D eigenvalue weighted by atomic mass is 10.1. The van der Waals surface area contributed by atoms with Crippen molar-refractivity contribution in [3.05, 3.63) is 63.6 Å². The fourth-order valence-corrected chi connectivity index (χ4v) is 3.92. The summed E-state index contributed by atoms with van der Waals surface area (Å²) >= 11 is 11.6. The number of rotatable bonds is 5. The van der Waals surface area contributed by atoms with Crippen molar-refractivity contribution in [3.63, 3.8) is 0 Å². The quantitative estimate of drug-likeness (QED) is 0.835. The molecule has 0 saturated carbocycles. The van der Waals surface area contributed by atoms with Gasteiger partial charge in [0.2, 0.25) is 10.0 Å². The predicted octanol–water partition coefficient (Wildman–Crippen LogP) is 3.73. The molecule has 1 atom stereocenters. The normalized spacial score (nSPS) is 12.8. The number of carbonyl (C=O) groups is 1. The highest BCUT2D eigenvalue weighted by Gasteiger charge is 2.19. The Morgan fingerprint density at radius 2 is 1.61 bits per heavy atom. The highest BCUT2D eigenvalue weighted by Crippen LogP contribution is 2.24. The lowest BCUT2D eigenvalue weighted by Crippen LogP contribution is -2.27. The van der Waals surface area contributed by atoms with E-state index in [2.05, 4.69) is 4.72 Å². The Morgan fingerprint density at radius 1 is 1.09 bits per heavy atom. The van der Waals surface area contributed by atoms with Crippen molar-refractivity contribution in [2.75, 3.05) is 0 Å². The molecule has 5 nitrogen and oxygen atoms in total. The zero-order chi connectivity index (χ0) is 17.2. The molecule has 0 aliphatic carbocycles. The first kappa shape index (κ1) is 17.7. The topological polar surface area (TPSA) is 83.5 Å². The molecule has 0 saturated heterocycles. The average Bonchev–Trinajstić information content (AvgIpc) is 2.46. The van der Waals surface area contributed by atoms with Gasteiger partial charge in [-0.2, -0.15) is 0 Å². The van der Waals surface area contributed by atoms with Gasteiger partial charge in [-0.25, -0.2) is 17.9 Å². The van der Waals surface area contributed by atoms with Gasteiger partial charge >= 0.3 is 5.97 Å². The van der Waals surface area contributed by atoms with Crippen LogP contribution in [0.5, 0.6) is 0 Å². The Labute approximate surface area is 143 Å². The van der Waals surface area contributed by atoms with E-state index in [0.29, 0.717) is 5.56 Å². The third kappa shape index (κ3) is 4.45. The molecule has 0 bridgehead atoms. The van der Waals surface area contributed by atoms with Crippen LogP contribution in [0.15, 0.2) is 47.4 Å². The summed E-state index contributed by atoms with van der Waals surface area (Å²) in [4.78, 5) is 10.8. The van der Waals surface area contributed by atoms with E-state index in [-0.39, 0.29) is 20.5 Å². The van der Waals surface area contributed by atoms with Gasteiger partial charge in [0.15, 0.2) is 0 Å². The van der Waals surface area contributed by atoms with E-state index in [1.807, 2.05) is 0 Å². The van der Waals surface area contributed by atoms with Gasteiger partial charge in [-0.3, -0.25) is 0 Å². The molecule has 0 unspecified atom stereocenters.